The van der Waals surface area contributed by atoms with E-state index >= 15 is 0 Å². The van der Waals surface area contributed by atoms with Crippen molar-refractivity contribution < 1.29 is 4.39 Å². The van der Waals surface area contributed by atoms with Gasteiger partial charge in [-0.1, -0.05) is 13.0 Å². The molecular formula is C17H23FN2S. The molecule has 4 heteroatoms. The van der Waals surface area contributed by atoms with Gasteiger partial charge in [0.2, 0.25) is 0 Å². The number of benzene rings is 1. The molecule has 1 unspecified atom stereocenters. The molecule has 0 spiro atoms. The summed E-state index contributed by atoms with van der Waals surface area (Å²) in [5, 5.41) is 7.52. The van der Waals surface area contributed by atoms with Gasteiger partial charge in [0, 0.05) is 19.6 Å². The molecular weight excluding hydrogens is 283 g/mol. The van der Waals surface area contributed by atoms with Crippen molar-refractivity contribution in [3.8, 4) is 0 Å². The van der Waals surface area contributed by atoms with E-state index in [1.54, 1.807) is 17.4 Å². The molecule has 0 amide bonds. The number of hydrogen-bond acceptors (Lipinski definition) is 3. The lowest BCUT2D eigenvalue weighted by Gasteiger charge is -2.21. The molecule has 0 saturated heterocycles. The summed E-state index contributed by atoms with van der Waals surface area (Å²) in [6, 6.07) is 7.78. The summed E-state index contributed by atoms with van der Waals surface area (Å²) in [7, 11) is 1.93. The molecule has 114 valence electrons. The number of rotatable bonds is 7. The molecule has 1 aromatic carbocycles. The smallest absolute Gasteiger partial charge is 0.146 e. The zero-order valence-corrected chi connectivity index (χ0v) is 13.7. The van der Waals surface area contributed by atoms with Gasteiger partial charge >= 0.3 is 0 Å². The quantitative estimate of drug-likeness (QED) is 0.805. The van der Waals surface area contributed by atoms with Gasteiger partial charge in [0.1, 0.15) is 5.82 Å². The van der Waals surface area contributed by atoms with Crippen LogP contribution in [0.1, 0.15) is 37.4 Å². The van der Waals surface area contributed by atoms with E-state index in [9.17, 15) is 4.39 Å². The molecule has 0 radical (unpaired) electrons. The van der Waals surface area contributed by atoms with Gasteiger partial charge in [0.25, 0.3) is 0 Å². The van der Waals surface area contributed by atoms with Crippen LogP contribution in [0, 0.1) is 5.82 Å². The van der Waals surface area contributed by atoms with Crippen molar-refractivity contribution in [3.05, 3.63) is 52.0 Å². The molecule has 1 heterocycles. The Bertz CT molecular complexity index is 554. The monoisotopic (exact) mass is 306 g/mol. The largest absolute Gasteiger partial charge is 0.368 e. The fourth-order valence-corrected chi connectivity index (χ4v) is 2.98. The molecule has 2 aromatic rings. The first-order chi connectivity index (χ1) is 10.1. The summed E-state index contributed by atoms with van der Waals surface area (Å²) in [5.41, 5.74) is 2.85. The van der Waals surface area contributed by atoms with Crippen LogP contribution in [0.2, 0.25) is 0 Å². The number of hydrogen-bond donors (Lipinski definition) is 1. The molecule has 1 aromatic heterocycles. The normalized spacial score (nSPS) is 12.4. The minimum atomic E-state index is -0.157. The van der Waals surface area contributed by atoms with Crippen molar-refractivity contribution in [2.24, 2.45) is 0 Å². The van der Waals surface area contributed by atoms with Crippen molar-refractivity contribution in [1.29, 1.82) is 0 Å². The number of nitrogens with one attached hydrogen (secondary N) is 1. The SMILES string of the molecule is CCCNC(C)c1ccc(N(C)Cc2ccsc2)c(F)c1. The summed E-state index contributed by atoms with van der Waals surface area (Å²) >= 11 is 1.67. The molecule has 1 N–H and O–H groups in total. The third-order valence-corrected chi connectivity index (χ3v) is 4.32. The number of anilines is 1. The number of nitrogens with zero attached hydrogens (tertiary/aromatic N) is 1. The van der Waals surface area contributed by atoms with Gasteiger partial charge in [-0.25, -0.2) is 4.39 Å². The maximum absolute atomic E-state index is 14.3. The van der Waals surface area contributed by atoms with Crippen LogP contribution in [0.15, 0.2) is 35.0 Å². The van der Waals surface area contributed by atoms with E-state index in [0.717, 1.165) is 25.1 Å². The average Bonchev–Trinajstić information content (AvgIpc) is 2.97. The first-order valence-corrected chi connectivity index (χ1v) is 8.31. The van der Waals surface area contributed by atoms with E-state index < -0.39 is 0 Å². The maximum atomic E-state index is 14.3. The molecule has 0 fully saturated rings. The van der Waals surface area contributed by atoms with Crippen molar-refractivity contribution >= 4 is 17.0 Å². The van der Waals surface area contributed by atoms with Crippen LogP contribution in [0.4, 0.5) is 10.1 Å². The molecule has 0 saturated carbocycles. The second-order valence-electron chi connectivity index (χ2n) is 5.37. The van der Waals surface area contributed by atoms with Crippen LogP contribution in [0.25, 0.3) is 0 Å². The Kier molecular flexibility index (Phi) is 5.76. The molecule has 21 heavy (non-hydrogen) atoms. The Morgan fingerprint density at radius 3 is 2.76 bits per heavy atom. The van der Waals surface area contributed by atoms with E-state index in [1.165, 1.54) is 5.56 Å². The molecule has 0 bridgehead atoms. The predicted molar refractivity (Wildman–Crippen MR) is 89.5 cm³/mol. The lowest BCUT2D eigenvalue weighted by atomic mass is 10.1. The Morgan fingerprint density at radius 1 is 1.33 bits per heavy atom. The van der Waals surface area contributed by atoms with E-state index in [0.29, 0.717) is 5.69 Å². The minimum Gasteiger partial charge on any atom is -0.368 e. The van der Waals surface area contributed by atoms with Crippen LogP contribution in [-0.2, 0) is 6.54 Å². The van der Waals surface area contributed by atoms with Gasteiger partial charge < -0.3 is 10.2 Å². The Morgan fingerprint density at radius 2 is 2.14 bits per heavy atom. The Labute approximate surface area is 130 Å². The summed E-state index contributed by atoms with van der Waals surface area (Å²) in [4.78, 5) is 1.95. The first kappa shape index (κ1) is 16.0. The summed E-state index contributed by atoms with van der Waals surface area (Å²) in [6.45, 7) is 5.87. The zero-order chi connectivity index (χ0) is 15.2. The van der Waals surface area contributed by atoms with Gasteiger partial charge in [-0.3, -0.25) is 0 Å². The number of thiophene rings is 1. The van der Waals surface area contributed by atoms with Gasteiger partial charge in [-0.2, -0.15) is 11.3 Å². The fraction of sp³-hybridized carbons (Fsp3) is 0.412. The highest BCUT2D eigenvalue weighted by atomic mass is 32.1. The fourth-order valence-electron chi connectivity index (χ4n) is 2.32. The van der Waals surface area contributed by atoms with Crippen LogP contribution in [-0.4, -0.2) is 13.6 Å². The van der Waals surface area contributed by atoms with Crippen molar-refractivity contribution in [2.75, 3.05) is 18.5 Å². The topological polar surface area (TPSA) is 15.3 Å². The molecule has 1 atom stereocenters. The number of halogens is 1. The lowest BCUT2D eigenvalue weighted by Crippen LogP contribution is -2.20. The zero-order valence-electron chi connectivity index (χ0n) is 12.9. The average molecular weight is 306 g/mol. The molecule has 0 aliphatic carbocycles. The van der Waals surface area contributed by atoms with Crippen LogP contribution < -0.4 is 10.2 Å². The third-order valence-electron chi connectivity index (χ3n) is 3.58. The molecule has 0 aliphatic rings. The molecule has 2 rings (SSSR count). The molecule has 0 aliphatic heterocycles. The minimum absolute atomic E-state index is 0.157. The lowest BCUT2D eigenvalue weighted by molar-refractivity contribution is 0.561. The second-order valence-corrected chi connectivity index (χ2v) is 6.15. The van der Waals surface area contributed by atoms with Crippen molar-refractivity contribution in [3.63, 3.8) is 0 Å². The van der Waals surface area contributed by atoms with Crippen LogP contribution >= 0.6 is 11.3 Å². The van der Waals surface area contributed by atoms with E-state index in [4.69, 9.17) is 0 Å². The van der Waals surface area contributed by atoms with E-state index in [-0.39, 0.29) is 11.9 Å². The van der Waals surface area contributed by atoms with Crippen molar-refractivity contribution in [1.82, 2.24) is 5.32 Å². The van der Waals surface area contributed by atoms with Gasteiger partial charge in [-0.05, 0) is 60.0 Å². The van der Waals surface area contributed by atoms with Crippen LogP contribution in [0.3, 0.4) is 0 Å². The maximum Gasteiger partial charge on any atom is 0.146 e. The van der Waals surface area contributed by atoms with Gasteiger partial charge in [-0.15, -0.1) is 0 Å². The highest BCUT2D eigenvalue weighted by molar-refractivity contribution is 7.07. The van der Waals surface area contributed by atoms with E-state index in [1.807, 2.05) is 29.5 Å². The van der Waals surface area contributed by atoms with Gasteiger partial charge in [0.15, 0.2) is 0 Å². The summed E-state index contributed by atoms with van der Waals surface area (Å²) in [5.74, 6) is -0.157. The first-order valence-electron chi connectivity index (χ1n) is 7.37. The van der Waals surface area contributed by atoms with Crippen LogP contribution in [0.5, 0.6) is 0 Å². The highest BCUT2D eigenvalue weighted by Gasteiger charge is 2.12. The second kappa shape index (κ2) is 7.57. The summed E-state index contributed by atoms with van der Waals surface area (Å²) in [6.07, 6.45) is 1.08. The van der Waals surface area contributed by atoms with Gasteiger partial charge in [0.05, 0.1) is 5.69 Å². The summed E-state index contributed by atoms with van der Waals surface area (Å²) < 4.78 is 14.3. The van der Waals surface area contributed by atoms with Crippen molar-refractivity contribution in [2.45, 2.75) is 32.9 Å². The van der Waals surface area contributed by atoms with E-state index in [2.05, 4.69) is 30.6 Å². The standard InChI is InChI=1S/C17H23FN2S/c1-4-8-19-13(2)15-5-6-17(16(18)10-15)20(3)11-14-7-9-21-12-14/h5-7,9-10,12-13,19H,4,8,11H2,1-3H3. The Hall–Kier alpha value is -1.39. The third kappa shape index (κ3) is 4.29. The molecule has 2 nitrogen and oxygen atoms in total. The highest BCUT2D eigenvalue weighted by Crippen LogP contribution is 2.24. The Balaban J connectivity index is 2.07. The predicted octanol–water partition coefficient (Wildman–Crippen LogP) is 4.58.